The largest absolute Gasteiger partial charge is 0.396 e. The molecule has 19 heavy (non-hydrogen) atoms. The maximum Gasteiger partial charge on any atom is 0.319 e. The number of hydrogen-bond acceptors (Lipinski definition) is 3. The second kappa shape index (κ2) is 7.13. The Bertz CT molecular complexity index is 429. The van der Waals surface area contributed by atoms with Gasteiger partial charge in [-0.3, -0.25) is 4.68 Å². The summed E-state index contributed by atoms with van der Waals surface area (Å²) in [6.07, 6.45) is 1.45. The van der Waals surface area contributed by atoms with Gasteiger partial charge in [0, 0.05) is 19.2 Å². The number of carbonyl (C=O) groups excluding carboxylic acids is 1. The first-order chi connectivity index (χ1) is 8.99. The molecule has 0 aromatic carbocycles. The lowest BCUT2D eigenvalue weighted by atomic mass is 10.2. The Labute approximate surface area is 114 Å². The van der Waals surface area contributed by atoms with E-state index in [1.165, 1.54) is 0 Å². The normalized spacial score (nSPS) is 12.3. The van der Waals surface area contributed by atoms with E-state index in [9.17, 15) is 4.79 Å². The summed E-state index contributed by atoms with van der Waals surface area (Å²) in [4.78, 5) is 11.9. The standard InChI is InChI=1S/C13H24N4O2/c1-5-17-11(4)12(10(3)16-17)15-13(19)14-9(2)7-6-8-18/h9,18H,5-8H2,1-4H3,(H2,14,15,19). The number of aliphatic hydroxyl groups is 1. The van der Waals surface area contributed by atoms with Crippen molar-refractivity contribution in [2.24, 2.45) is 0 Å². The highest BCUT2D eigenvalue weighted by Crippen LogP contribution is 2.19. The molecule has 1 atom stereocenters. The van der Waals surface area contributed by atoms with Crippen LogP contribution >= 0.6 is 0 Å². The van der Waals surface area contributed by atoms with Gasteiger partial charge in [-0.15, -0.1) is 0 Å². The Balaban J connectivity index is 2.59. The van der Waals surface area contributed by atoms with E-state index < -0.39 is 0 Å². The van der Waals surface area contributed by atoms with E-state index in [-0.39, 0.29) is 18.7 Å². The van der Waals surface area contributed by atoms with Crippen molar-refractivity contribution in [3.8, 4) is 0 Å². The molecule has 0 fully saturated rings. The summed E-state index contributed by atoms with van der Waals surface area (Å²) >= 11 is 0. The molecular weight excluding hydrogens is 244 g/mol. The van der Waals surface area contributed by atoms with Gasteiger partial charge in [0.05, 0.1) is 17.1 Å². The molecule has 0 aliphatic rings. The predicted molar refractivity (Wildman–Crippen MR) is 75.3 cm³/mol. The van der Waals surface area contributed by atoms with Gasteiger partial charge in [-0.05, 0) is 40.5 Å². The van der Waals surface area contributed by atoms with Gasteiger partial charge in [0.25, 0.3) is 0 Å². The number of aryl methyl sites for hydroxylation is 2. The van der Waals surface area contributed by atoms with Gasteiger partial charge in [-0.1, -0.05) is 0 Å². The molecule has 0 radical (unpaired) electrons. The lowest BCUT2D eigenvalue weighted by Crippen LogP contribution is -2.36. The van der Waals surface area contributed by atoms with E-state index in [1.54, 1.807) is 0 Å². The van der Waals surface area contributed by atoms with E-state index in [1.807, 2.05) is 32.4 Å². The highest BCUT2D eigenvalue weighted by molar-refractivity contribution is 5.90. The van der Waals surface area contributed by atoms with Crippen LogP contribution in [0.5, 0.6) is 0 Å². The Kier molecular flexibility index (Phi) is 5.82. The smallest absolute Gasteiger partial charge is 0.319 e. The quantitative estimate of drug-likeness (QED) is 0.736. The fourth-order valence-electron chi connectivity index (χ4n) is 2.03. The predicted octanol–water partition coefficient (Wildman–Crippen LogP) is 1.80. The first kappa shape index (κ1) is 15.5. The van der Waals surface area contributed by atoms with Crippen molar-refractivity contribution >= 4 is 11.7 Å². The van der Waals surface area contributed by atoms with Crippen LogP contribution in [0.2, 0.25) is 0 Å². The van der Waals surface area contributed by atoms with Crippen molar-refractivity contribution < 1.29 is 9.90 Å². The van der Waals surface area contributed by atoms with Crippen LogP contribution in [-0.2, 0) is 6.54 Å². The number of nitrogens with one attached hydrogen (secondary N) is 2. The molecule has 0 spiro atoms. The van der Waals surface area contributed by atoms with Crippen LogP contribution in [0.4, 0.5) is 10.5 Å². The average molecular weight is 268 g/mol. The molecule has 0 bridgehead atoms. The fraction of sp³-hybridized carbons (Fsp3) is 0.692. The first-order valence-electron chi connectivity index (χ1n) is 6.72. The van der Waals surface area contributed by atoms with Crippen molar-refractivity contribution in [1.29, 1.82) is 0 Å². The molecule has 1 aromatic rings. The van der Waals surface area contributed by atoms with Crippen LogP contribution in [0.25, 0.3) is 0 Å². The summed E-state index contributed by atoms with van der Waals surface area (Å²) in [7, 11) is 0. The molecule has 0 saturated carbocycles. The molecule has 0 saturated heterocycles. The molecule has 108 valence electrons. The second-order valence-corrected chi connectivity index (χ2v) is 4.73. The number of anilines is 1. The number of rotatable bonds is 6. The number of aliphatic hydroxyl groups excluding tert-OH is 1. The number of nitrogens with zero attached hydrogens (tertiary/aromatic N) is 2. The summed E-state index contributed by atoms with van der Waals surface area (Å²) in [5, 5.41) is 18.8. The van der Waals surface area contributed by atoms with Crippen LogP contribution in [0.1, 0.15) is 38.1 Å². The van der Waals surface area contributed by atoms with Gasteiger partial charge in [0.1, 0.15) is 0 Å². The van der Waals surface area contributed by atoms with E-state index in [2.05, 4.69) is 15.7 Å². The van der Waals surface area contributed by atoms with Crippen molar-refractivity contribution in [2.75, 3.05) is 11.9 Å². The summed E-state index contributed by atoms with van der Waals surface area (Å²) in [6.45, 7) is 8.68. The molecule has 1 heterocycles. The molecule has 2 amide bonds. The Morgan fingerprint density at radius 1 is 1.47 bits per heavy atom. The molecule has 1 unspecified atom stereocenters. The molecular formula is C13H24N4O2. The van der Waals surface area contributed by atoms with Gasteiger partial charge in [0.2, 0.25) is 0 Å². The van der Waals surface area contributed by atoms with Crippen molar-refractivity contribution in [1.82, 2.24) is 15.1 Å². The van der Waals surface area contributed by atoms with Gasteiger partial charge in [0.15, 0.2) is 0 Å². The van der Waals surface area contributed by atoms with Crippen LogP contribution in [0.3, 0.4) is 0 Å². The van der Waals surface area contributed by atoms with E-state index >= 15 is 0 Å². The highest BCUT2D eigenvalue weighted by Gasteiger charge is 2.14. The molecule has 0 aliphatic carbocycles. The van der Waals surface area contributed by atoms with Crippen molar-refractivity contribution in [3.63, 3.8) is 0 Å². The average Bonchev–Trinajstić information content (AvgIpc) is 2.63. The minimum Gasteiger partial charge on any atom is -0.396 e. The molecule has 6 nitrogen and oxygen atoms in total. The third kappa shape index (κ3) is 4.24. The van der Waals surface area contributed by atoms with Crippen molar-refractivity contribution in [2.45, 2.75) is 53.1 Å². The summed E-state index contributed by atoms with van der Waals surface area (Å²) in [5.41, 5.74) is 2.55. The number of hydrogen-bond donors (Lipinski definition) is 3. The lowest BCUT2D eigenvalue weighted by molar-refractivity contribution is 0.245. The minimum atomic E-state index is -0.229. The van der Waals surface area contributed by atoms with Gasteiger partial charge < -0.3 is 15.7 Å². The maximum absolute atomic E-state index is 11.9. The Morgan fingerprint density at radius 3 is 2.68 bits per heavy atom. The number of amides is 2. The molecule has 1 aromatic heterocycles. The Morgan fingerprint density at radius 2 is 2.16 bits per heavy atom. The third-order valence-electron chi connectivity index (χ3n) is 3.09. The van der Waals surface area contributed by atoms with Crippen molar-refractivity contribution in [3.05, 3.63) is 11.4 Å². The van der Waals surface area contributed by atoms with E-state index in [4.69, 9.17) is 5.11 Å². The zero-order chi connectivity index (χ0) is 14.4. The maximum atomic E-state index is 11.9. The van der Waals surface area contributed by atoms with E-state index in [0.29, 0.717) is 6.42 Å². The summed E-state index contributed by atoms with van der Waals surface area (Å²) in [6, 6.07) is -0.193. The molecule has 6 heteroatoms. The zero-order valence-corrected chi connectivity index (χ0v) is 12.2. The van der Waals surface area contributed by atoms with Gasteiger partial charge in [-0.25, -0.2) is 4.79 Å². The number of aromatic nitrogens is 2. The van der Waals surface area contributed by atoms with Crippen LogP contribution in [0, 0.1) is 13.8 Å². The molecule has 1 rings (SSSR count). The first-order valence-corrected chi connectivity index (χ1v) is 6.72. The van der Waals surface area contributed by atoms with Crippen LogP contribution in [0.15, 0.2) is 0 Å². The molecule has 0 aliphatic heterocycles. The highest BCUT2D eigenvalue weighted by atomic mass is 16.3. The topological polar surface area (TPSA) is 79.2 Å². The fourth-order valence-corrected chi connectivity index (χ4v) is 2.03. The van der Waals surface area contributed by atoms with Gasteiger partial charge >= 0.3 is 6.03 Å². The summed E-state index contributed by atoms with van der Waals surface area (Å²) in [5.74, 6) is 0. The number of carbonyl (C=O) groups is 1. The SMILES string of the molecule is CCn1nc(C)c(NC(=O)NC(C)CCCO)c1C. The number of urea groups is 1. The van der Waals surface area contributed by atoms with Crippen LogP contribution < -0.4 is 10.6 Å². The minimum absolute atomic E-state index is 0.0361. The van der Waals surface area contributed by atoms with Gasteiger partial charge in [-0.2, -0.15) is 5.10 Å². The lowest BCUT2D eigenvalue weighted by Gasteiger charge is -2.14. The molecule has 3 N–H and O–H groups in total. The summed E-state index contributed by atoms with van der Waals surface area (Å²) < 4.78 is 1.86. The Hall–Kier alpha value is -1.56. The monoisotopic (exact) mass is 268 g/mol. The third-order valence-corrected chi connectivity index (χ3v) is 3.09. The van der Waals surface area contributed by atoms with Crippen LogP contribution in [-0.4, -0.2) is 33.6 Å². The zero-order valence-electron chi connectivity index (χ0n) is 12.2. The van der Waals surface area contributed by atoms with E-state index in [0.717, 1.165) is 30.0 Å². The second-order valence-electron chi connectivity index (χ2n) is 4.73.